The number of rotatable bonds is 4. The van der Waals surface area contributed by atoms with Crippen LogP contribution in [0.2, 0.25) is 0 Å². The highest BCUT2D eigenvalue weighted by Gasteiger charge is 2.30. The van der Waals surface area contributed by atoms with E-state index in [2.05, 4.69) is 67.9 Å². The molecule has 0 radical (unpaired) electrons. The summed E-state index contributed by atoms with van der Waals surface area (Å²) >= 11 is 3.52. The van der Waals surface area contributed by atoms with E-state index in [1.165, 1.54) is 5.56 Å². The standard InChI is InChI=1S/C25H31BrN4O2/c1-25(2,3)32-24(31)28(4)20-13-15-29(16-14-20)23-27-21-7-5-6-8-22(21)30(23)17-18-9-11-19(26)12-10-18/h5-12,20H,13-17H2,1-4H3. The van der Waals surface area contributed by atoms with Gasteiger partial charge in [0.25, 0.3) is 0 Å². The third-order valence-corrected chi connectivity index (χ3v) is 6.39. The van der Waals surface area contributed by atoms with Gasteiger partial charge in [-0.15, -0.1) is 0 Å². The lowest BCUT2D eigenvalue weighted by molar-refractivity contribution is 0.0200. The van der Waals surface area contributed by atoms with E-state index in [1.807, 2.05) is 33.9 Å². The van der Waals surface area contributed by atoms with Gasteiger partial charge in [0.15, 0.2) is 0 Å². The minimum absolute atomic E-state index is 0.172. The number of aromatic nitrogens is 2. The maximum atomic E-state index is 12.5. The van der Waals surface area contributed by atoms with Gasteiger partial charge in [-0.25, -0.2) is 9.78 Å². The maximum absolute atomic E-state index is 12.5. The Morgan fingerprint density at radius 1 is 1.12 bits per heavy atom. The van der Waals surface area contributed by atoms with E-state index in [-0.39, 0.29) is 12.1 Å². The summed E-state index contributed by atoms with van der Waals surface area (Å²) in [5, 5.41) is 0. The third kappa shape index (κ3) is 5.09. The predicted octanol–water partition coefficient (Wildman–Crippen LogP) is 5.68. The molecule has 0 bridgehead atoms. The Kier molecular flexibility index (Phi) is 6.47. The zero-order valence-electron chi connectivity index (χ0n) is 19.2. The molecule has 0 saturated carbocycles. The summed E-state index contributed by atoms with van der Waals surface area (Å²) in [6, 6.07) is 16.9. The lowest BCUT2D eigenvalue weighted by Crippen LogP contribution is -2.47. The van der Waals surface area contributed by atoms with E-state index in [0.717, 1.165) is 53.9 Å². The number of imidazole rings is 1. The largest absolute Gasteiger partial charge is 0.444 e. The molecule has 6 nitrogen and oxygen atoms in total. The van der Waals surface area contributed by atoms with Gasteiger partial charge in [0.2, 0.25) is 5.95 Å². The number of anilines is 1. The molecule has 170 valence electrons. The number of nitrogens with zero attached hydrogens (tertiary/aromatic N) is 4. The minimum Gasteiger partial charge on any atom is -0.444 e. The molecule has 1 fully saturated rings. The average molecular weight is 499 g/mol. The zero-order valence-corrected chi connectivity index (χ0v) is 20.8. The van der Waals surface area contributed by atoms with E-state index < -0.39 is 5.60 Å². The summed E-state index contributed by atoms with van der Waals surface area (Å²) in [5.74, 6) is 0.993. The quantitative estimate of drug-likeness (QED) is 0.463. The van der Waals surface area contributed by atoms with Crippen molar-refractivity contribution in [2.24, 2.45) is 0 Å². The van der Waals surface area contributed by atoms with Crippen molar-refractivity contribution in [2.45, 2.75) is 51.8 Å². The Balaban J connectivity index is 1.52. The van der Waals surface area contributed by atoms with Gasteiger partial charge in [0.1, 0.15) is 5.60 Å². The molecule has 32 heavy (non-hydrogen) atoms. The minimum atomic E-state index is -0.482. The predicted molar refractivity (Wildman–Crippen MR) is 132 cm³/mol. The number of piperidine rings is 1. The Morgan fingerprint density at radius 3 is 2.44 bits per heavy atom. The second-order valence-electron chi connectivity index (χ2n) is 9.42. The van der Waals surface area contributed by atoms with Crippen molar-refractivity contribution in [1.29, 1.82) is 0 Å². The van der Waals surface area contributed by atoms with Gasteiger partial charge in [0, 0.05) is 30.7 Å². The van der Waals surface area contributed by atoms with Crippen molar-refractivity contribution >= 4 is 39.0 Å². The smallest absolute Gasteiger partial charge is 0.410 e. The van der Waals surface area contributed by atoms with Crippen LogP contribution in [-0.4, -0.2) is 52.3 Å². The summed E-state index contributed by atoms with van der Waals surface area (Å²) in [7, 11) is 1.84. The number of halogens is 1. The van der Waals surface area contributed by atoms with Crippen LogP contribution in [0.3, 0.4) is 0 Å². The molecule has 0 unspecified atom stereocenters. The summed E-state index contributed by atoms with van der Waals surface area (Å²) in [6.07, 6.45) is 1.52. The third-order valence-electron chi connectivity index (χ3n) is 5.86. The van der Waals surface area contributed by atoms with E-state index in [4.69, 9.17) is 9.72 Å². The molecule has 1 aromatic heterocycles. The highest BCUT2D eigenvalue weighted by atomic mass is 79.9. The lowest BCUT2D eigenvalue weighted by Gasteiger charge is -2.37. The highest BCUT2D eigenvalue weighted by molar-refractivity contribution is 9.10. The Hall–Kier alpha value is -2.54. The van der Waals surface area contributed by atoms with E-state index >= 15 is 0 Å². The second-order valence-corrected chi connectivity index (χ2v) is 10.3. The molecule has 0 aliphatic carbocycles. The van der Waals surface area contributed by atoms with Crippen LogP contribution >= 0.6 is 15.9 Å². The van der Waals surface area contributed by atoms with E-state index in [9.17, 15) is 4.79 Å². The van der Waals surface area contributed by atoms with E-state index in [1.54, 1.807) is 4.90 Å². The molecule has 0 N–H and O–H groups in total. The highest BCUT2D eigenvalue weighted by Crippen LogP contribution is 2.28. The van der Waals surface area contributed by atoms with Crippen LogP contribution in [0.5, 0.6) is 0 Å². The Bertz CT molecular complexity index is 1080. The number of ether oxygens (including phenoxy) is 1. The zero-order chi connectivity index (χ0) is 22.9. The number of para-hydroxylation sites is 2. The van der Waals surface area contributed by atoms with Crippen LogP contribution in [0, 0.1) is 0 Å². The molecule has 1 aliphatic rings. The van der Waals surface area contributed by atoms with Crippen molar-refractivity contribution in [1.82, 2.24) is 14.5 Å². The molecular weight excluding hydrogens is 468 g/mol. The molecule has 0 atom stereocenters. The van der Waals surface area contributed by atoms with Gasteiger partial charge in [-0.2, -0.15) is 0 Å². The van der Waals surface area contributed by atoms with Gasteiger partial charge in [-0.05, 0) is 63.4 Å². The number of benzene rings is 2. The van der Waals surface area contributed by atoms with Crippen molar-refractivity contribution in [2.75, 3.05) is 25.0 Å². The first-order chi connectivity index (χ1) is 15.2. The molecule has 2 heterocycles. The van der Waals surface area contributed by atoms with Crippen molar-refractivity contribution < 1.29 is 9.53 Å². The summed E-state index contributed by atoms with van der Waals surface area (Å²) in [6.45, 7) is 8.16. The fourth-order valence-electron chi connectivity index (χ4n) is 4.17. The first-order valence-electron chi connectivity index (χ1n) is 11.1. The van der Waals surface area contributed by atoms with Gasteiger partial charge in [-0.3, -0.25) is 0 Å². The molecule has 0 spiro atoms. The SMILES string of the molecule is CN(C(=O)OC(C)(C)C)C1CCN(c2nc3ccccc3n2Cc2ccc(Br)cc2)CC1. The van der Waals surface area contributed by atoms with Crippen LogP contribution in [0.4, 0.5) is 10.7 Å². The average Bonchev–Trinajstić information content (AvgIpc) is 3.12. The van der Waals surface area contributed by atoms with Crippen LogP contribution in [0.25, 0.3) is 11.0 Å². The number of amides is 1. The maximum Gasteiger partial charge on any atom is 0.410 e. The van der Waals surface area contributed by atoms with Crippen LogP contribution < -0.4 is 4.90 Å². The van der Waals surface area contributed by atoms with Crippen LogP contribution in [0.15, 0.2) is 53.0 Å². The number of hydrogen-bond acceptors (Lipinski definition) is 4. The van der Waals surface area contributed by atoms with E-state index in [0.29, 0.717) is 0 Å². The number of carbonyl (C=O) groups excluding carboxylic acids is 1. The monoisotopic (exact) mass is 498 g/mol. The normalized spacial score (nSPS) is 15.2. The molecule has 7 heteroatoms. The molecular formula is C25H31BrN4O2. The van der Waals surface area contributed by atoms with Crippen LogP contribution in [-0.2, 0) is 11.3 Å². The number of hydrogen-bond donors (Lipinski definition) is 0. The summed E-state index contributed by atoms with van der Waals surface area (Å²) in [5.41, 5.74) is 2.90. The van der Waals surface area contributed by atoms with Crippen molar-refractivity contribution in [3.8, 4) is 0 Å². The van der Waals surface area contributed by atoms with Crippen molar-refractivity contribution in [3.63, 3.8) is 0 Å². The fourth-order valence-corrected chi connectivity index (χ4v) is 4.43. The first-order valence-corrected chi connectivity index (χ1v) is 11.9. The molecule has 2 aromatic carbocycles. The summed E-state index contributed by atoms with van der Waals surface area (Å²) < 4.78 is 8.93. The lowest BCUT2D eigenvalue weighted by atomic mass is 10.0. The Labute approximate surface area is 198 Å². The number of fused-ring (bicyclic) bond motifs is 1. The summed E-state index contributed by atoms with van der Waals surface area (Å²) in [4.78, 5) is 21.6. The molecule has 1 aliphatic heterocycles. The second kappa shape index (κ2) is 9.14. The number of carbonyl (C=O) groups is 1. The molecule has 1 saturated heterocycles. The van der Waals surface area contributed by atoms with Crippen molar-refractivity contribution in [3.05, 3.63) is 58.6 Å². The molecule has 4 rings (SSSR count). The van der Waals surface area contributed by atoms with Crippen LogP contribution in [0.1, 0.15) is 39.2 Å². The Morgan fingerprint density at radius 2 is 1.78 bits per heavy atom. The molecule has 1 amide bonds. The van der Waals surface area contributed by atoms with Gasteiger partial charge in [-0.1, -0.05) is 40.2 Å². The van der Waals surface area contributed by atoms with Gasteiger partial charge in [0.05, 0.1) is 17.6 Å². The van der Waals surface area contributed by atoms with Gasteiger partial charge >= 0.3 is 6.09 Å². The fraction of sp³-hybridized carbons (Fsp3) is 0.440. The first kappa shape index (κ1) is 22.6. The topological polar surface area (TPSA) is 50.6 Å². The van der Waals surface area contributed by atoms with Gasteiger partial charge < -0.3 is 19.1 Å². The molecule has 3 aromatic rings.